The third-order valence-corrected chi connectivity index (χ3v) is 5.02. The lowest BCUT2D eigenvalue weighted by Gasteiger charge is -2.24. The Morgan fingerprint density at radius 3 is 1.94 bits per heavy atom. The topological polar surface area (TPSA) is 85.6 Å². The molecule has 0 spiro atoms. The van der Waals surface area contributed by atoms with Crippen LogP contribution in [0.1, 0.15) is 0 Å². The minimum atomic E-state index is -4.17. The minimum absolute atomic E-state index is 0.152. The van der Waals surface area contributed by atoms with Crippen molar-refractivity contribution in [1.29, 1.82) is 0 Å². The van der Waals surface area contributed by atoms with E-state index in [1.54, 1.807) is 6.07 Å². The fourth-order valence-corrected chi connectivity index (χ4v) is 3.20. The molecule has 6 nitrogen and oxygen atoms in total. The molecule has 0 heterocycles. The Kier molecular flexibility index (Phi) is 3.68. The molecule has 90 valence electrons. The van der Waals surface area contributed by atoms with Gasteiger partial charge in [-0.05, 0) is 12.1 Å². The summed E-state index contributed by atoms with van der Waals surface area (Å²) in [7, 11) is -5.89. The van der Waals surface area contributed by atoms with Crippen molar-refractivity contribution in [1.82, 2.24) is 4.31 Å². The summed E-state index contributed by atoms with van der Waals surface area (Å²) in [5, 5.41) is 0. The first-order chi connectivity index (χ1) is 7.26. The summed E-state index contributed by atoms with van der Waals surface area (Å²) in [6.07, 6.45) is 0. The van der Waals surface area contributed by atoms with Crippen LogP contribution in [-0.4, -0.2) is 35.2 Å². The highest BCUT2D eigenvalue weighted by Gasteiger charge is 2.11. The molecular weight excluding hydrogens is 252 g/mol. The third kappa shape index (κ3) is 3.01. The standard InChI is InChI=1S/C8H11N2O4S2/c1-10(2)16(13,14)9-15(11,12)8-6-4-3-5-7-8/h3-7H,1-2H3/q-1. The maximum absolute atomic E-state index is 11.6. The largest absolute Gasteiger partial charge is 0.418 e. The summed E-state index contributed by atoms with van der Waals surface area (Å²) >= 11 is 0. The lowest BCUT2D eigenvalue weighted by Crippen LogP contribution is -2.23. The van der Waals surface area contributed by atoms with Gasteiger partial charge in [-0.15, -0.1) is 0 Å². The van der Waals surface area contributed by atoms with E-state index in [1.165, 1.54) is 38.4 Å². The summed E-state index contributed by atoms with van der Waals surface area (Å²) in [6.45, 7) is 0. The SMILES string of the molecule is CN(C)S(=O)(=O)[N-]S(=O)(=O)c1ccccc1. The van der Waals surface area contributed by atoms with Gasteiger partial charge in [-0.1, -0.05) is 18.2 Å². The summed E-state index contributed by atoms with van der Waals surface area (Å²) in [4.78, 5) is -0.152. The number of sulfonamides is 1. The van der Waals surface area contributed by atoms with Crippen molar-refractivity contribution in [2.75, 3.05) is 14.1 Å². The van der Waals surface area contributed by atoms with Crippen LogP contribution in [0.15, 0.2) is 35.2 Å². The fourth-order valence-electron chi connectivity index (χ4n) is 0.826. The van der Waals surface area contributed by atoms with Crippen LogP contribution in [0.5, 0.6) is 0 Å². The predicted octanol–water partition coefficient (Wildman–Crippen LogP) is 0.555. The fraction of sp³-hybridized carbons (Fsp3) is 0.250. The van der Waals surface area contributed by atoms with Gasteiger partial charge in [0.25, 0.3) is 0 Å². The molecule has 0 bridgehead atoms. The molecule has 0 saturated heterocycles. The molecule has 0 unspecified atom stereocenters. The molecule has 0 aliphatic carbocycles. The third-order valence-electron chi connectivity index (χ3n) is 1.69. The van der Waals surface area contributed by atoms with E-state index in [9.17, 15) is 16.8 Å². The van der Waals surface area contributed by atoms with Gasteiger partial charge in [0.05, 0.1) is 0 Å². The van der Waals surface area contributed by atoms with E-state index in [0.717, 1.165) is 4.31 Å². The highest BCUT2D eigenvalue weighted by molar-refractivity contribution is 8.11. The molecule has 0 aromatic heterocycles. The Hall–Kier alpha value is -0.960. The molecule has 0 fully saturated rings. The molecule has 0 saturated carbocycles. The van der Waals surface area contributed by atoms with Gasteiger partial charge in [-0.25, -0.2) is 21.1 Å². The van der Waals surface area contributed by atoms with Gasteiger partial charge in [0.2, 0.25) is 0 Å². The summed E-state index contributed by atoms with van der Waals surface area (Å²) < 4.78 is 49.4. The van der Waals surface area contributed by atoms with Gasteiger partial charge < -0.3 is 4.13 Å². The molecule has 0 N–H and O–H groups in total. The Bertz CT molecular complexity index is 549. The van der Waals surface area contributed by atoms with Gasteiger partial charge in [-0.2, -0.15) is 0 Å². The van der Waals surface area contributed by atoms with Crippen LogP contribution in [-0.2, 0) is 20.2 Å². The normalized spacial score (nSPS) is 12.9. The number of benzene rings is 1. The average molecular weight is 263 g/mol. The summed E-state index contributed by atoms with van der Waals surface area (Å²) in [6, 6.07) is 7.17. The zero-order valence-corrected chi connectivity index (χ0v) is 10.4. The van der Waals surface area contributed by atoms with Crippen LogP contribution in [0, 0.1) is 0 Å². The average Bonchev–Trinajstić information content (AvgIpc) is 2.17. The molecular formula is C8H11N2O4S2-. The first kappa shape index (κ1) is 13.1. The van der Waals surface area contributed by atoms with Gasteiger partial charge >= 0.3 is 0 Å². The van der Waals surface area contributed by atoms with E-state index >= 15 is 0 Å². The van der Waals surface area contributed by atoms with Crippen LogP contribution in [0.25, 0.3) is 4.13 Å². The molecule has 0 radical (unpaired) electrons. The van der Waals surface area contributed by atoms with E-state index in [2.05, 4.69) is 4.13 Å². The molecule has 16 heavy (non-hydrogen) atoms. The second-order valence-corrected chi connectivity index (χ2v) is 6.77. The first-order valence-corrected chi connectivity index (χ1v) is 7.06. The lowest BCUT2D eigenvalue weighted by molar-refractivity contribution is 0.529. The Labute approximate surface area is 95.1 Å². The highest BCUT2D eigenvalue weighted by atomic mass is 32.3. The maximum Gasteiger partial charge on any atom is 0.147 e. The van der Waals surface area contributed by atoms with E-state index < -0.39 is 20.2 Å². The molecule has 1 aromatic carbocycles. The Morgan fingerprint density at radius 2 is 1.50 bits per heavy atom. The van der Waals surface area contributed by atoms with Crippen LogP contribution in [0.2, 0.25) is 0 Å². The molecule has 0 aliphatic rings. The van der Waals surface area contributed by atoms with Crippen molar-refractivity contribution in [3.8, 4) is 0 Å². The highest BCUT2D eigenvalue weighted by Crippen LogP contribution is 2.20. The maximum atomic E-state index is 11.6. The van der Waals surface area contributed by atoms with Crippen LogP contribution >= 0.6 is 0 Å². The van der Waals surface area contributed by atoms with Crippen molar-refractivity contribution in [3.05, 3.63) is 34.5 Å². The number of hydrogen-bond donors (Lipinski definition) is 0. The van der Waals surface area contributed by atoms with Crippen LogP contribution in [0.3, 0.4) is 0 Å². The number of hydrogen-bond acceptors (Lipinski definition) is 4. The summed E-state index contributed by atoms with van der Waals surface area (Å²) in [5.74, 6) is 0. The van der Waals surface area contributed by atoms with Crippen molar-refractivity contribution in [3.63, 3.8) is 0 Å². The number of nitrogens with zero attached hydrogens (tertiary/aromatic N) is 2. The van der Waals surface area contributed by atoms with Gasteiger partial charge in [-0.3, -0.25) is 0 Å². The van der Waals surface area contributed by atoms with E-state index in [1.807, 2.05) is 0 Å². The predicted molar refractivity (Wildman–Crippen MR) is 59.6 cm³/mol. The van der Waals surface area contributed by atoms with Gasteiger partial charge in [0, 0.05) is 19.0 Å². The first-order valence-electron chi connectivity index (χ1n) is 4.22. The smallest absolute Gasteiger partial charge is 0.147 e. The molecule has 1 aromatic rings. The molecule has 8 heteroatoms. The molecule has 1 rings (SSSR count). The Balaban J connectivity index is 3.08. The van der Waals surface area contributed by atoms with Crippen molar-refractivity contribution in [2.24, 2.45) is 0 Å². The zero-order valence-electron chi connectivity index (χ0n) is 8.73. The van der Waals surface area contributed by atoms with E-state index in [4.69, 9.17) is 0 Å². The monoisotopic (exact) mass is 263 g/mol. The lowest BCUT2D eigenvalue weighted by atomic mass is 10.4. The number of rotatable bonds is 4. The molecule has 0 aliphatic heterocycles. The van der Waals surface area contributed by atoms with Gasteiger partial charge in [0.1, 0.15) is 20.2 Å². The Morgan fingerprint density at radius 1 is 1.00 bits per heavy atom. The second kappa shape index (κ2) is 4.50. The molecule has 0 amide bonds. The molecule has 0 atom stereocenters. The van der Waals surface area contributed by atoms with E-state index in [0.29, 0.717) is 0 Å². The summed E-state index contributed by atoms with van der Waals surface area (Å²) in [5.41, 5.74) is 0. The van der Waals surface area contributed by atoms with Crippen molar-refractivity contribution in [2.45, 2.75) is 4.90 Å². The zero-order chi connectivity index (χ0) is 12.4. The second-order valence-electron chi connectivity index (χ2n) is 3.12. The minimum Gasteiger partial charge on any atom is -0.418 e. The quantitative estimate of drug-likeness (QED) is 0.794. The van der Waals surface area contributed by atoms with Crippen LogP contribution < -0.4 is 0 Å². The van der Waals surface area contributed by atoms with E-state index in [-0.39, 0.29) is 4.90 Å². The van der Waals surface area contributed by atoms with Gasteiger partial charge in [0.15, 0.2) is 0 Å². The van der Waals surface area contributed by atoms with Crippen molar-refractivity contribution >= 4 is 20.2 Å². The van der Waals surface area contributed by atoms with Crippen LogP contribution in [0.4, 0.5) is 0 Å². The van der Waals surface area contributed by atoms with Crippen molar-refractivity contribution < 1.29 is 16.8 Å².